The number of fused-ring (bicyclic) bond motifs is 1. The second-order valence-electron chi connectivity index (χ2n) is 4.24. The van der Waals surface area contributed by atoms with Gasteiger partial charge in [0.05, 0.1) is 30.3 Å². The van der Waals surface area contributed by atoms with E-state index < -0.39 is 0 Å². The quantitative estimate of drug-likeness (QED) is 0.841. The molecule has 0 saturated carbocycles. The summed E-state index contributed by atoms with van der Waals surface area (Å²) < 4.78 is 7.56. The zero-order valence-electron chi connectivity index (χ0n) is 9.61. The van der Waals surface area contributed by atoms with E-state index >= 15 is 0 Å². The van der Waals surface area contributed by atoms with Crippen LogP contribution in [0.25, 0.3) is 11.0 Å². The van der Waals surface area contributed by atoms with Crippen molar-refractivity contribution in [3.8, 4) is 0 Å². The summed E-state index contributed by atoms with van der Waals surface area (Å²) in [5.41, 5.74) is 2.03. The summed E-state index contributed by atoms with van der Waals surface area (Å²) in [6.45, 7) is 2.31. The molecule has 4 nitrogen and oxygen atoms in total. The summed E-state index contributed by atoms with van der Waals surface area (Å²) >= 11 is 5.98. The topological polar surface area (TPSA) is 39.1 Å². The van der Waals surface area contributed by atoms with Crippen LogP contribution in [0.2, 0.25) is 5.02 Å². The summed E-state index contributed by atoms with van der Waals surface area (Å²) in [6, 6.07) is 5.95. The van der Waals surface area contributed by atoms with E-state index in [1.54, 1.807) is 0 Å². The predicted molar refractivity (Wildman–Crippen MR) is 67.3 cm³/mol. The highest BCUT2D eigenvalue weighted by Gasteiger charge is 2.21. The van der Waals surface area contributed by atoms with Crippen molar-refractivity contribution in [2.24, 2.45) is 7.05 Å². The molecule has 0 spiro atoms. The van der Waals surface area contributed by atoms with E-state index in [2.05, 4.69) is 14.9 Å². The first-order valence-electron chi connectivity index (χ1n) is 5.69. The third-order valence-corrected chi connectivity index (χ3v) is 3.35. The molecule has 3 rings (SSSR count). The first-order valence-corrected chi connectivity index (χ1v) is 6.06. The summed E-state index contributed by atoms with van der Waals surface area (Å²) in [5, 5.41) is 4.13. The van der Waals surface area contributed by atoms with E-state index in [0.717, 1.165) is 35.0 Å². The molecule has 1 fully saturated rings. The van der Waals surface area contributed by atoms with Crippen molar-refractivity contribution >= 4 is 22.6 Å². The Kier molecular flexibility index (Phi) is 2.78. The van der Waals surface area contributed by atoms with Gasteiger partial charge in [-0.15, -0.1) is 0 Å². The summed E-state index contributed by atoms with van der Waals surface area (Å²) in [6.07, 6.45) is 0. The van der Waals surface area contributed by atoms with Crippen LogP contribution in [0.1, 0.15) is 11.9 Å². The molecule has 1 aromatic carbocycles. The molecule has 1 aromatic heterocycles. The molecule has 0 aliphatic carbocycles. The highest BCUT2D eigenvalue weighted by molar-refractivity contribution is 6.31. The van der Waals surface area contributed by atoms with E-state index in [-0.39, 0.29) is 6.04 Å². The summed E-state index contributed by atoms with van der Waals surface area (Å²) in [7, 11) is 2.02. The van der Waals surface area contributed by atoms with Gasteiger partial charge >= 0.3 is 0 Å². The van der Waals surface area contributed by atoms with Crippen LogP contribution in [-0.4, -0.2) is 29.3 Å². The summed E-state index contributed by atoms with van der Waals surface area (Å²) in [5.74, 6) is 1.00. The van der Waals surface area contributed by atoms with Crippen LogP contribution in [-0.2, 0) is 11.8 Å². The monoisotopic (exact) mass is 251 g/mol. The van der Waals surface area contributed by atoms with Crippen molar-refractivity contribution in [1.82, 2.24) is 14.9 Å². The molecule has 0 radical (unpaired) electrons. The fourth-order valence-electron chi connectivity index (χ4n) is 2.23. The second-order valence-corrected chi connectivity index (χ2v) is 4.68. The number of rotatable bonds is 1. The fraction of sp³-hybridized carbons (Fsp3) is 0.417. The number of imidazole rings is 1. The molecule has 1 aliphatic rings. The minimum atomic E-state index is 0.167. The Labute approximate surface area is 105 Å². The number of benzene rings is 1. The van der Waals surface area contributed by atoms with E-state index in [4.69, 9.17) is 16.3 Å². The molecule has 2 heterocycles. The van der Waals surface area contributed by atoms with Gasteiger partial charge in [0.2, 0.25) is 0 Å². The van der Waals surface area contributed by atoms with Gasteiger partial charge in [-0.3, -0.25) is 0 Å². The maximum absolute atomic E-state index is 5.98. The van der Waals surface area contributed by atoms with Crippen molar-refractivity contribution in [2.45, 2.75) is 6.04 Å². The van der Waals surface area contributed by atoms with Crippen LogP contribution >= 0.6 is 11.6 Å². The minimum absolute atomic E-state index is 0.167. The average molecular weight is 252 g/mol. The van der Waals surface area contributed by atoms with E-state index in [0.29, 0.717) is 6.61 Å². The summed E-state index contributed by atoms with van der Waals surface area (Å²) in [4.78, 5) is 4.63. The number of ether oxygens (including phenoxy) is 1. The Bertz CT molecular complexity index is 546. The standard InChI is InChI=1S/C12H14ClN3O/c1-16-11-3-2-8(13)6-9(11)15-12(16)10-7-17-5-4-14-10/h2-3,6,10,14H,4-5,7H2,1H3. The maximum Gasteiger partial charge on any atom is 0.129 e. The molecule has 0 amide bonds. The third kappa shape index (κ3) is 1.92. The molecule has 1 saturated heterocycles. The fourth-order valence-corrected chi connectivity index (χ4v) is 2.40. The van der Waals surface area contributed by atoms with Crippen molar-refractivity contribution in [3.05, 3.63) is 29.0 Å². The molecular formula is C12H14ClN3O. The van der Waals surface area contributed by atoms with Gasteiger partial charge in [-0.05, 0) is 18.2 Å². The number of morpholine rings is 1. The lowest BCUT2D eigenvalue weighted by molar-refractivity contribution is 0.0735. The van der Waals surface area contributed by atoms with Gasteiger partial charge in [0.25, 0.3) is 0 Å². The Morgan fingerprint density at radius 2 is 2.41 bits per heavy atom. The number of nitrogens with one attached hydrogen (secondary N) is 1. The molecule has 5 heteroatoms. The van der Waals surface area contributed by atoms with Crippen LogP contribution in [0.15, 0.2) is 18.2 Å². The van der Waals surface area contributed by atoms with E-state index in [9.17, 15) is 0 Å². The van der Waals surface area contributed by atoms with Gasteiger partial charge in [0.15, 0.2) is 0 Å². The lowest BCUT2D eigenvalue weighted by atomic mass is 10.2. The molecule has 1 atom stereocenters. The van der Waals surface area contributed by atoms with Gasteiger partial charge in [0.1, 0.15) is 5.82 Å². The molecular weight excluding hydrogens is 238 g/mol. The Hall–Kier alpha value is -1.10. The second kappa shape index (κ2) is 4.29. The number of hydrogen-bond acceptors (Lipinski definition) is 3. The highest BCUT2D eigenvalue weighted by atomic mass is 35.5. The Morgan fingerprint density at radius 3 is 3.18 bits per heavy atom. The lowest BCUT2D eigenvalue weighted by Crippen LogP contribution is -2.36. The van der Waals surface area contributed by atoms with E-state index in [1.165, 1.54) is 0 Å². The SMILES string of the molecule is Cn1c(C2COCCN2)nc2cc(Cl)ccc21. The molecule has 1 N–H and O–H groups in total. The molecule has 1 unspecified atom stereocenters. The smallest absolute Gasteiger partial charge is 0.129 e. The number of halogens is 1. The van der Waals surface area contributed by atoms with Crippen LogP contribution < -0.4 is 5.32 Å². The van der Waals surface area contributed by atoms with Gasteiger partial charge in [-0.1, -0.05) is 11.6 Å². The Morgan fingerprint density at radius 1 is 1.53 bits per heavy atom. The van der Waals surface area contributed by atoms with Gasteiger partial charge in [-0.25, -0.2) is 4.98 Å². The van der Waals surface area contributed by atoms with Crippen molar-refractivity contribution < 1.29 is 4.74 Å². The first kappa shape index (κ1) is 11.0. The minimum Gasteiger partial charge on any atom is -0.378 e. The van der Waals surface area contributed by atoms with Crippen LogP contribution in [0.3, 0.4) is 0 Å². The maximum atomic E-state index is 5.98. The van der Waals surface area contributed by atoms with E-state index in [1.807, 2.05) is 25.2 Å². The lowest BCUT2D eigenvalue weighted by Gasteiger charge is -2.23. The van der Waals surface area contributed by atoms with Crippen LogP contribution in [0.4, 0.5) is 0 Å². The molecule has 1 aliphatic heterocycles. The van der Waals surface area contributed by atoms with Crippen molar-refractivity contribution in [2.75, 3.05) is 19.8 Å². The van der Waals surface area contributed by atoms with Gasteiger partial charge in [-0.2, -0.15) is 0 Å². The highest BCUT2D eigenvalue weighted by Crippen LogP contribution is 2.23. The molecule has 17 heavy (non-hydrogen) atoms. The van der Waals surface area contributed by atoms with Gasteiger partial charge in [0, 0.05) is 18.6 Å². The number of nitrogens with zero attached hydrogens (tertiary/aromatic N) is 2. The molecule has 90 valence electrons. The number of hydrogen-bond donors (Lipinski definition) is 1. The largest absolute Gasteiger partial charge is 0.378 e. The van der Waals surface area contributed by atoms with Gasteiger partial charge < -0.3 is 14.6 Å². The van der Waals surface area contributed by atoms with Crippen LogP contribution in [0.5, 0.6) is 0 Å². The molecule has 2 aromatic rings. The zero-order valence-corrected chi connectivity index (χ0v) is 10.4. The average Bonchev–Trinajstić information content (AvgIpc) is 2.67. The number of aryl methyl sites for hydroxylation is 1. The third-order valence-electron chi connectivity index (χ3n) is 3.11. The molecule has 0 bridgehead atoms. The van der Waals surface area contributed by atoms with Crippen molar-refractivity contribution in [3.63, 3.8) is 0 Å². The van der Waals surface area contributed by atoms with Crippen LogP contribution in [0, 0.1) is 0 Å². The zero-order chi connectivity index (χ0) is 11.8. The first-order chi connectivity index (χ1) is 8.25. The normalized spacial score (nSPS) is 20.9. The number of aromatic nitrogens is 2. The predicted octanol–water partition coefficient (Wildman–Crippen LogP) is 1.89. The van der Waals surface area contributed by atoms with Crippen molar-refractivity contribution in [1.29, 1.82) is 0 Å². The Balaban J connectivity index is 2.07.